The number of nitrogens with zero attached hydrogens (tertiary/aromatic N) is 2. The summed E-state index contributed by atoms with van der Waals surface area (Å²) < 4.78 is 84.3. The Morgan fingerprint density at radius 1 is 0.868 bits per heavy atom. The number of anilines is 1. The van der Waals surface area contributed by atoms with Crippen molar-refractivity contribution < 1.29 is 35.9 Å². The first-order chi connectivity index (χ1) is 17.7. The molecule has 0 aliphatic carbocycles. The molecule has 1 aliphatic heterocycles. The van der Waals surface area contributed by atoms with E-state index >= 15 is 0 Å². The summed E-state index contributed by atoms with van der Waals surface area (Å²) in [5.41, 5.74) is -2.22. The molecule has 0 spiro atoms. The maximum atomic E-state index is 13.6. The first kappa shape index (κ1) is 27.0. The summed E-state index contributed by atoms with van der Waals surface area (Å²) in [6.45, 7) is 3.15. The Morgan fingerprint density at radius 3 is 2.11 bits per heavy atom. The third-order valence-electron chi connectivity index (χ3n) is 6.09. The molecule has 0 unspecified atom stereocenters. The third kappa shape index (κ3) is 5.46. The average molecular weight is 535 g/mol. The lowest BCUT2D eigenvalue weighted by Gasteiger charge is -2.29. The van der Waals surface area contributed by atoms with Crippen LogP contribution in [0.3, 0.4) is 0 Å². The van der Waals surface area contributed by atoms with Crippen LogP contribution in [0.4, 0.5) is 32.0 Å². The molecule has 0 fully saturated rings. The molecule has 0 radical (unpaired) electrons. The maximum absolute atomic E-state index is 13.6. The number of rotatable bonds is 6. The number of nitrogens with one attached hydrogen (secondary N) is 1. The molecule has 3 aromatic rings. The van der Waals surface area contributed by atoms with Crippen LogP contribution in [0.2, 0.25) is 0 Å². The molecule has 0 saturated heterocycles. The van der Waals surface area contributed by atoms with Gasteiger partial charge in [-0.15, -0.1) is 0 Å². The van der Waals surface area contributed by atoms with E-state index in [-0.39, 0.29) is 17.1 Å². The predicted octanol–water partition coefficient (Wildman–Crippen LogP) is 6.62. The fraction of sp³-hybridized carbons (Fsp3) is 0.259. The van der Waals surface area contributed by atoms with E-state index in [1.807, 2.05) is 0 Å². The van der Waals surface area contributed by atoms with E-state index in [0.717, 1.165) is 18.2 Å². The number of aromatic nitrogens is 1. The molecule has 5 nitrogen and oxygen atoms in total. The fourth-order valence-electron chi connectivity index (χ4n) is 4.16. The summed E-state index contributed by atoms with van der Waals surface area (Å²) in [4.78, 5) is 18.6. The molecule has 1 atom stereocenters. The summed E-state index contributed by atoms with van der Waals surface area (Å²) in [7, 11) is 1.47. The second-order valence-corrected chi connectivity index (χ2v) is 9.18. The van der Waals surface area contributed by atoms with Crippen LogP contribution in [0.1, 0.15) is 42.4 Å². The minimum atomic E-state index is -4.65. The van der Waals surface area contributed by atoms with Crippen molar-refractivity contribution in [1.29, 1.82) is 0 Å². The lowest BCUT2D eigenvalue weighted by atomic mass is 9.98. The van der Waals surface area contributed by atoms with Crippen molar-refractivity contribution in [3.63, 3.8) is 0 Å². The van der Waals surface area contributed by atoms with Crippen LogP contribution in [0.15, 0.2) is 78.5 Å². The normalized spacial score (nSPS) is 16.4. The Kier molecular flexibility index (Phi) is 6.90. The van der Waals surface area contributed by atoms with Gasteiger partial charge in [-0.2, -0.15) is 26.3 Å². The second-order valence-electron chi connectivity index (χ2n) is 9.18. The first-order valence-electron chi connectivity index (χ1n) is 11.4. The molecule has 11 heteroatoms. The molecule has 1 amide bonds. The zero-order valence-electron chi connectivity index (χ0n) is 20.5. The largest absolute Gasteiger partial charge is 0.497 e. The lowest BCUT2D eigenvalue weighted by molar-refractivity contribution is -0.141. The van der Waals surface area contributed by atoms with E-state index in [0.29, 0.717) is 11.3 Å². The fourth-order valence-corrected chi connectivity index (χ4v) is 4.16. The van der Waals surface area contributed by atoms with E-state index in [1.54, 1.807) is 44.2 Å². The third-order valence-corrected chi connectivity index (χ3v) is 6.09. The van der Waals surface area contributed by atoms with Crippen molar-refractivity contribution in [1.82, 2.24) is 10.3 Å². The highest BCUT2D eigenvalue weighted by Gasteiger charge is 2.39. The lowest BCUT2D eigenvalue weighted by Crippen LogP contribution is -2.41. The van der Waals surface area contributed by atoms with Crippen LogP contribution in [0.5, 0.6) is 5.75 Å². The second kappa shape index (κ2) is 9.70. The van der Waals surface area contributed by atoms with Gasteiger partial charge in [-0.1, -0.05) is 18.2 Å². The summed E-state index contributed by atoms with van der Waals surface area (Å²) in [5.74, 6) is -0.0664. The number of pyridine rings is 1. The Hall–Kier alpha value is -4.02. The van der Waals surface area contributed by atoms with Crippen molar-refractivity contribution in [3.8, 4) is 5.75 Å². The minimum absolute atomic E-state index is 0.0481. The molecule has 4 rings (SSSR count). The Labute approximate surface area is 214 Å². The number of carbonyl (C=O) groups excluding carboxylic acids is 1. The zero-order valence-corrected chi connectivity index (χ0v) is 20.5. The zero-order chi connectivity index (χ0) is 27.9. The molecular weight excluding hydrogens is 512 g/mol. The molecule has 1 aliphatic rings. The van der Waals surface area contributed by atoms with E-state index in [1.165, 1.54) is 36.3 Å². The summed E-state index contributed by atoms with van der Waals surface area (Å²) >= 11 is 0. The maximum Gasteiger partial charge on any atom is 0.433 e. The smallest absolute Gasteiger partial charge is 0.433 e. The van der Waals surface area contributed by atoms with Crippen LogP contribution >= 0.6 is 0 Å². The van der Waals surface area contributed by atoms with Crippen LogP contribution in [-0.2, 0) is 22.7 Å². The summed E-state index contributed by atoms with van der Waals surface area (Å²) in [6.07, 6.45) is -7.62. The molecule has 1 N–H and O–H groups in total. The van der Waals surface area contributed by atoms with Crippen molar-refractivity contribution in [2.75, 3.05) is 12.0 Å². The van der Waals surface area contributed by atoms with E-state index in [4.69, 9.17) is 4.74 Å². The molecule has 0 saturated carbocycles. The Morgan fingerprint density at radius 2 is 1.50 bits per heavy atom. The number of alkyl halides is 6. The number of methoxy groups -OCH3 is 1. The van der Waals surface area contributed by atoms with Gasteiger partial charge in [0, 0.05) is 5.69 Å². The summed E-state index contributed by atoms with van der Waals surface area (Å²) in [5, 5.41) is 2.99. The molecule has 0 bridgehead atoms. The van der Waals surface area contributed by atoms with Crippen LogP contribution in [0.25, 0.3) is 0 Å². The van der Waals surface area contributed by atoms with Gasteiger partial charge in [-0.25, -0.2) is 4.98 Å². The predicted molar refractivity (Wildman–Crippen MR) is 128 cm³/mol. The molecule has 2 heterocycles. The van der Waals surface area contributed by atoms with Gasteiger partial charge in [-0.05, 0) is 74.0 Å². The highest BCUT2D eigenvalue weighted by atomic mass is 19.4. The van der Waals surface area contributed by atoms with Gasteiger partial charge in [0.25, 0.3) is 5.91 Å². The number of carbonyl (C=O) groups is 1. The number of halogens is 6. The molecule has 2 aromatic carbocycles. The average Bonchev–Trinajstić information content (AvgIpc) is 3.18. The SMILES string of the molecule is COc1cccc([C@H]2C=C(NC(C)(C)c3cccc(C(F)(F)F)n3)C(=O)N2c2ccc(C(F)(F)F)cc2)c1. The van der Waals surface area contributed by atoms with Crippen LogP contribution < -0.4 is 15.0 Å². The van der Waals surface area contributed by atoms with Crippen molar-refractivity contribution in [2.45, 2.75) is 37.8 Å². The van der Waals surface area contributed by atoms with Gasteiger partial charge < -0.3 is 10.1 Å². The van der Waals surface area contributed by atoms with E-state index < -0.39 is 41.1 Å². The molecular formula is C27H23F6N3O2. The molecule has 200 valence electrons. The molecule has 38 heavy (non-hydrogen) atoms. The number of hydrogen-bond donors (Lipinski definition) is 1. The van der Waals surface area contributed by atoms with Crippen molar-refractivity contribution in [3.05, 3.63) is 101 Å². The van der Waals surface area contributed by atoms with Gasteiger partial charge in [0.05, 0.1) is 35.6 Å². The highest BCUT2D eigenvalue weighted by molar-refractivity contribution is 6.09. The van der Waals surface area contributed by atoms with Crippen molar-refractivity contribution in [2.24, 2.45) is 0 Å². The van der Waals surface area contributed by atoms with Crippen LogP contribution in [-0.4, -0.2) is 18.0 Å². The summed E-state index contributed by atoms with van der Waals surface area (Å²) in [6, 6.07) is 13.8. The number of benzene rings is 2. The number of amides is 1. The first-order valence-corrected chi connectivity index (χ1v) is 11.4. The van der Waals surface area contributed by atoms with Crippen molar-refractivity contribution >= 4 is 11.6 Å². The highest BCUT2D eigenvalue weighted by Crippen LogP contribution is 2.39. The Balaban J connectivity index is 1.73. The number of hydrogen-bond acceptors (Lipinski definition) is 4. The van der Waals surface area contributed by atoms with E-state index in [2.05, 4.69) is 10.3 Å². The minimum Gasteiger partial charge on any atom is -0.497 e. The van der Waals surface area contributed by atoms with Gasteiger partial charge >= 0.3 is 12.4 Å². The monoisotopic (exact) mass is 535 g/mol. The number of ether oxygens (including phenoxy) is 1. The van der Waals surface area contributed by atoms with E-state index in [9.17, 15) is 31.1 Å². The van der Waals surface area contributed by atoms with Crippen LogP contribution in [0, 0.1) is 0 Å². The Bertz CT molecular complexity index is 1360. The van der Waals surface area contributed by atoms with Gasteiger partial charge in [0.1, 0.15) is 11.4 Å². The molecule has 1 aromatic heterocycles. The standard InChI is InChI=1S/C27H23F6N3O2/c1-25(2,22-8-5-9-23(34-22)27(31,32)33)35-20-15-21(16-6-4-7-19(14-16)38-3)36(24(20)37)18-12-10-17(11-13-18)26(28,29)30/h4-15,21,35H,1-3H3/t21-/m1/s1. The van der Waals surface area contributed by atoms with Gasteiger partial charge in [0.2, 0.25) is 0 Å². The topological polar surface area (TPSA) is 54.5 Å². The van der Waals surface area contributed by atoms with Gasteiger partial charge in [-0.3, -0.25) is 9.69 Å². The van der Waals surface area contributed by atoms with Gasteiger partial charge in [0.15, 0.2) is 0 Å². The quantitative estimate of drug-likeness (QED) is 0.361.